The molecule has 1 N–H and O–H groups in total. The predicted molar refractivity (Wildman–Crippen MR) is 143 cm³/mol. The number of amides is 2. The maximum Gasteiger partial charge on any atom is 0.410 e. The number of sulfone groups is 1. The molecule has 2 aliphatic rings. The molecule has 40 heavy (non-hydrogen) atoms. The average Bonchev–Trinajstić information content (AvgIpc) is 3.13. The molecule has 2 aromatic carbocycles. The standard InChI is InChI=1S/C28H32FN3O7S/c1-28(2,3)39-27(34)32-8-5-9-37-25(15-32)26(33)31-19(14-30)10-17-12-24-22(13-23(17)29)21-7-6-20(40(4,35)36)11-18(21)16-38-24/h6-7,11-13,19,25H,5,8-10,15-16H2,1-4H3,(H,31,33)/t19?,25-/m0/s1. The van der Waals surface area contributed by atoms with Crippen LogP contribution in [0.15, 0.2) is 35.2 Å². The van der Waals surface area contributed by atoms with Gasteiger partial charge < -0.3 is 24.4 Å². The van der Waals surface area contributed by atoms with Crippen molar-refractivity contribution in [3.63, 3.8) is 0 Å². The van der Waals surface area contributed by atoms with Gasteiger partial charge in [0, 0.05) is 31.4 Å². The van der Waals surface area contributed by atoms with Crippen molar-refractivity contribution in [1.82, 2.24) is 10.2 Å². The summed E-state index contributed by atoms with van der Waals surface area (Å²) in [4.78, 5) is 27.1. The molecule has 12 heteroatoms. The Morgan fingerprint density at radius 2 is 2.00 bits per heavy atom. The van der Waals surface area contributed by atoms with Crippen LogP contribution in [0.2, 0.25) is 0 Å². The summed E-state index contributed by atoms with van der Waals surface area (Å²) >= 11 is 0. The van der Waals surface area contributed by atoms with Gasteiger partial charge in [0.05, 0.1) is 17.5 Å². The number of halogens is 1. The lowest BCUT2D eigenvalue weighted by Crippen LogP contribution is -2.48. The fraction of sp³-hybridized carbons (Fsp3) is 0.464. The number of fused-ring (bicyclic) bond motifs is 3. The Balaban J connectivity index is 1.47. The highest BCUT2D eigenvalue weighted by Crippen LogP contribution is 2.40. The van der Waals surface area contributed by atoms with Gasteiger partial charge >= 0.3 is 6.09 Å². The molecule has 0 saturated carbocycles. The minimum absolute atomic E-state index is 0.0413. The van der Waals surface area contributed by atoms with E-state index in [0.29, 0.717) is 35.4 Å². The molecule has 2 atom stereocenters. The highest BCUT2D eigenvalue weighted by Gasteiger charge is 2.32. The molecule has 1 saturated heterocycles. The van der Waals surface area contributed by atoms with E-state index < -0.39 is 45.4 Å². The lowest BCUT2D eigenvalue weighted by atomic mass is 9.94. The summed E-state index contributed by atoms with van der Waals surface area (Å²) in [7, 11) is -3.41. The fourth-order valence-electron chi connectivity index (χ4n) is 4.51. The lowest BCUT2D eigenvalue weighted by molar-refractivity contribution is -0.133. The quantitative estimate of drug-likeness (QED) is 0.575. The third-order valence-corrected chi connectivity index (χ3v) is 7.56. The maximum absolute atomic E-state index is 15.2. The van der Waals surface area contributed by atoms with E-state index in [1.807, 2.05) is 6.07 Å². The van der Waals surface area contributed by atoms with Gasteiger partial charge in [-0.1, -0.05) is 6.07 Å². The van der Waals surface area contributed by atoms with E-state index in [9.17, 15) is 23.3 Å². The van der Waals surface area contributed by atoms with Crippen molar-refractivity contribution in [2.45, 2.75) is 62.9 Å². The third kappa shape index (κ3) is 6.89. The Labute approximate surface area is 232 Å². The van der Waals surface area contributed by atoms with Crippen LogP contribution in [0.1, 0.15) is 38.3 Å². The van der Waals surface area contributed by atoms with E-state index >= 15 is 4.39 Å². The number of ether oxygens (including phenoxy) is 3. The van der Waals surface area contributed by atoms with Crippen molar-refractivity contribution in [1.29, 1.82) is 5.26 Å². The van der Waals surface area contributed by atoms with E-state index in [2.05, 4.69) is 5.32 Å². The molecule has 0 bridgehead atoms. The van der Waals surface area contributed by atoms with Gasteiger partial charge in [0.25, 0.3) is 5.91 Å². The maximum atomic E-state index is 15.2. The summed E-state index contributed by atoms with van der Waals surface area (Å²) in [5.74, 6) is -0.801. The first-order chi connectivity index (χ1) is 18.7. The molecule has 0 aliphatic carbocycles. The summed E-state index contributed by atoms with van der Waals surface area (Å²) in [6, 6.07) is 8.29. The number of rotatable bonds is 5. The van der Waals surface area contributed by atoms with Crippen LogP contribution in [-0.2, 0) is 37.1 Å². The van der Waals surface area contributed by atoms with Crippen molar-refractivity contribution in [3.05, 3.63) is 47.3 Å². The Morgan fingerprint density at radius 3 is 2.67 bits per heavy atom. The second-order valence-electron chi connectivity index (χ2n) is 10.9. The van der Waals surface area contributed by atoms with Crippen LogP contribution in [0.25, 0.3) is 11.1 Å². The first kappa shape index (κ1) is 29.3. The topological polar surface area (TPSA) is 135 Å². The molecule has 0 spiro atoms. The normalized spacial score (nSPS) is 17.8. The molecule has 10 nitrogen and oxygen atoms in total. The van der Waals surface area contributed by atoms with Crippen LogP contribution in [0, 0.1) is 17.1 Å². The summed E-state index contributed by atoms with van der Waals surface area (Å²) in [5.41, 5.74) is 1.21. The van der Waals surface area contributed by atoms with E-state index in [-0.39, 0.29) is 36.6 Å². The Morgan fingerprint density at radius 1 is 1.25 bits per heavy atom. The lowest BCUT2D eigenvalue weighted by Gasteiger charge is -2.28. The molecular weight excluding hydrogens is 541 g/mol. The fourth-order valence-corrected chi connectivity index (χ4v) is 5.18. The summed E-state index contributed by atoms with van der Waals surface area (Å²) in [5, 5.41) is 12.3. The number of nitrogens with one attached hydrogen (secondary N) is 1. The predicted octanol–water partition coefficient (Wildman–Crippen LogP) is 3.37. The molecule has 2 heterocycles. The van der Waals surface area contributed by atoms with Gasteiger partial charge in [0.2, 0.25) is 0 Å². The number of benzene rings is 2. The van der Waals surface area contributed by atoms with Crippen LogP contribution in [0.3, 0.4) is 0 Å². The Bertz CT molecular complexity index is 1460. The third-order valence-electron chi connectivity index (χ3n) is 6.44. The number of nitrogens with zero attached hydrogens (tertiary/aromatic N) is 2. The molecule has 1 fully saturated rings. The molecule has 2 aliphatic heterocycles. The highest BCUT2D eigenvalue weighted by atomic mass is 32.2. The first-order valence-corrected chi connectivity index (χ1v) is 14.7. The number of carbonyl (C=O) groups is 2. The van der Waals surface area contributed by atoms with Gasteiger partial charge in [-0.25, -0.2) is 17.6 Å². The van der Waals surface area contributed by atoms with Gasteiger partial charge in [0.1, 0.15) is 29.8 Å². The number of hydrogen-bond donors (Lipinski definition) is 1. The van der Waals surface area contributed by atoms with Crippen LogP contribution in [-0.4, -0.2) is 69.0 Å². The van der Waals surface area contributed by atoms with Crippen LogP contribution in [0.5, 0.6) is 5.75 Å². The molecule has 2 aromatic rings. The zero-order chi connectivity index (χ0) is 29.2. The van der Waals surface area contributed by atoms with Crippen LogP contribution in [0.4, 0.5) is 9.18 Å². The minimum atomic E-state index is -3.41. The van der Waals surface area contributed by atoms with Crippen molar-refractivity contribution in [2.24, 2.45) is 0 Å². The van der Waals surface area contributed by atoms with Gasteiger partial charge in [-0.15, -0.1) is 0 Å². The van der Waals surface area contributed by atoms with Gasteiger partial charge in [-0.05, 0) is 68.1 Å². The van der Waals surface area contributed by atoms with Crippen molar-refractivity contribution in [2.75, 3.05) is 26.0 Å². The zero-order valence-electron chi connectivity index (χ0n) is 22.8. The Hall–Kier alpha value is -3.69. The number of carbonyl (C=O) groups excluding carboxylic acids is 2. The van der Waals surface area contributed by atoms with E-state index in [1.54, 1.807) is 26.8 Å². The monoisotopic (exact) mass is 573 g/mol. The molecular formula is C28H32FN3O7S. The van der Waals surface area contributed by atoms with Gasteiger partial charge in [-0.3, -0.25) is 4.79 Å². The second kappa shape index (κ2) is 11.4. The smallest absolute Gasteiger partial charge is 0.410 e. The molecule has 0 radical (unpaired) electrons. The molecule has 2 amide bonds. The SMILES string of the molecule is CC(C)(C)OC(=O)N1CCCO[C@H](C(=O)NC(C#N)Cc2cc3c(cc2F)-c2ccc(S(C)(=O)=O)cc2CO3)C1. The first-order valence-electron chi connectivity index (χ1n) is 12.8. The molecule has 4 rings (SSSR count). The van der Waals surface area contributed by atoms with Crippen molar-refractivity contribution >= 4 is 21.8 Å². The second-order valence-corrected chi connectivity index (χ2v) is 12.9. The van der Waals surface area contributed by atoms with E-state index in [4.69, 9.17) is 14.2 Å². The van der Waals surface area contributed by atoms with Crippen LogP contribution >= 0.6 is 0 Å². The highest BCUT2D eigenvalue weighted by molar-refractivity contribution is 7.90. The van der Waals surface area contributed by atoms with E-state index in [0.717, 1.165) is 6.26 Å². The molecule has 214 valence electrons. The summed E-state index contributed by atoms with van der Waals surface area (Å²) < 4.78 is 55.8. The number of nitriles is 1. The summed E-state index contributed by atoms with van der Waals surface area (Å²) in [6.45, 7) is 5.92. The van der Waals surface area contributed by atoms with Gasteiger partial charge in [-0.2, -0.15) is 5.26 Å². The number of hydrogen-bond acceptors (Lipinski definition) is 8. The largest absolute Gasteiger partial charge is 0.488 e. The van der Waals surface area contributed by atoms with Gasteiger partial charge in [0.15, 0.2) is 15.9 Å². The van der Waals surface area contributed by atoms with Crippen LogP contribution < -0.4 is 10.1 Å². The zero-order valence-corrected chi connectivity index (χ0v) is 23.6. The summed E-state index contributed by atoms with van der Waals surface area (Å²) in [6.07, 6.45) is -0.0767. The average molecular weight is 574 g/mol. The van der Waals surface area contributed by atoms with Crippen molar-refractivity contribution < 1.29 is 36.6 Å². The van der Waals surface area contributed by atoms with Crippen molar-refractivity contribution in [3.8, 4) is 22.9 Å². The minimum Gasteiger partial charge on any atom is -0.488 e. The van der Waals surface area contributed by atoms with E-state index in [1.165, 1.54) is 29.2 Å². The molecule has 1 unspecified atom stereocenters. The Kier molecular flexibility index (Phi) is 8.37. The molecule has 0 aromatic heterocycles.